The summed E-state index contributed by atoms with van der Waals surface area (Å²) in [6.45, 7) is 10.1. The first-order valence-corrected chi connectivity index (χ1v) is 5.92. The topological polar surface area (TPSA) is 15.3 Å². The standard InChI is InChI=1S/C9H12N2.2C2H6/c1-11-7-6-10-8-4-2-3-5-9(8)11;2*1-2/h2-5,10H,6-7H2,1H3;2*1-2H3. The molecule has 2 nitrogen and oxygen atoms in total. The Balaban J connectivity index is 0.000000442. The number of nitrogens with one attached hydrogen (secondary N) is 1. The van der Waals surface area contributed by atoms with Crippen molar-refractivity contribution in [3.05, 3.63) is 24.3 Å². The van der Waals surface area contributed by atoms with Crippen LogP contribution in [0.2, 0.25) is 0 Å². The number of fused-ring (bicyclic) bond motifs is 1. The van der Waals surface area contributed by atoms with E-state index in [0.717, 1.165) is 13.1 Å². The molecule has 0 atom stereocenters. The molecule has 0 aliphatic carbocycles. The van der Waals surface area contributed by atoms with E-state index in [9.17, 15) is 0 Å². The minimum absolute atomic E-state index is 1.05. The second-order valence-corrected chi connectivity index (χ2v) is 2.87. The Labute approximate surface area is 94.3 Å². The lowest BCUT2D eigenvalue weighted by Gasteiger charge is -2.28. The van der Waals surface area contributed by atoms with Crippen LogP contribution in [-0.2, 0) is 0 Å². The molecule has 0 saturated heterocycles. The molecule has 0 bridgehead atoms. The van der Waals surface area contributed by atoms with Crippen LogP contribution in [0.1, 0.15) is 27.7 Å². The first-order valence-electron chi connectivity index (χ1n) is 5.92. The van der Waals surface area contributed by atoms with Gasteiger partial charge in [-0.25, -0.2) is 0 Å². The molecule has 0 spiro atoms. The van der Waals surface area contributed by atoms with Gasteiger partial charge in [0.05, 0.1) is 11.4 Å². The average Bonchev–Trinajstić information content (AvgIpc) is 2.35. The average molecular weight is 208 g/mol. The number of anilines is 2. The molecular formula is C13H24N2. The van der Waals surface area contributed by atoms with Crippen LogP contribution in [0.4, 0.5) is 11.4 Å². The molecule has 0 unspecified atom stereocenters. The minimum atomic E-state index is 1.05. The van der Waals surface area contributed by atoms with Gasteiger partial charge in [0.15, 0.2) is 0 Å². The van der Waals surface area contributed by atoms with Crippen molar-refractivity contribution in [2.45, 2.75) is 27.7 Å². The van der Waals surface area contributed by atoms with Gasteiger partial charge in [-0.3, -0.25) is 0 Å². The lowest BCUT2D eigenvalue weighted by molar-refractivity contribution is 0.887. The number of benzene rings is 1. The molecule has 1 N–H and O–H groups in total. The van der Waals surface area contributed by atoms with E-state index in [1.54, 1.807) is 0 Å². The van der Waals surface area contributed by atoms with Crippen molar-refractivity contribution in [3.8, 4) is 0 Å². The summed E-state index contributed by atoms with van der Waals surface area (Å²) in [6, 6.07) is 8.39. The lowest BCUT2D eigenvalue weighted by Crippen LogP contribution is -2.30. The van der Waals surface area contributed by atoms with Crippen molar-refractivity contribution < 1.29 is 0 Å². The Bertz CT molecular complexity index is 258. The number of likely N-dealkylation sites (N-methyl/N-ethyl adjacent to an activating group) is 1. The second-order valence-electron chi connectivity index (χ2n) is 2.87. The van der Waals surface area contributed by atoms with Crippen molar-refractivity contribution in [2.75, 3.05) is 30.4 Å². The molecule has 0 radical (unpaired) electrons. The van der Waals surface area contributed by atoms with Crippen LogP contribution in [0.5, 0.6) is 0 Å². The van der Waals surface area contributed by atoms with Crippen molar-refractivity contribution in [1.29, 1.82) is 0 Å². The highest BCUT2D eigenvalue weighted by molar-refractivity contribution is 5.71. The fourth-order valence-electron chi connectivity index (χ4n) is 1.43. The van der Waals surface area contributed by atoms with E-state index in [1.165, 1.54) is 11.4 Å². The van der Waals surface area contributed by atoms with Crippen LogP contribution in [0.3, 0.4) is 0 Å². The van der Waals surface area contributed by atoms with Gasteiger partial charge in [0.2, 0.25) is 0 Å². The summed E-state index contributed by atoms with van der Waals surface area (Å²) < 4.78 is 0. The van der Waals surface area contributed by atoms with Gasteiger partial charge in [-0.05, 0) is 12.1 Å². The Hall–Kier alpha value is -1.18. The smallest absolute Gasteiger partial charge is 0.0600 e. The molecule has 15 heavy (non-hydrogen) atoms. The first kappa shape index (κ1) is 13.8. The Morgan fingerprint density at radius 2 is 1.67 bits per heavy atom. The third-order valence-electron chi connectivity index (χ3n) is 2.08. The summed E-state index contributed by atoms with van der Waals surface area (Å²) in [7, 11) is 2.12. The van der Waals surface area contributed by atoms with E-state index >= 15 is 0 Å². The fourth-order valence-corrected chi connectivity index (χ4v) is 1.43. The number of nitrogens with zero attached hydrogens (tertiary/aromatic N) is 1. The summed E-state index contributed by atoms with van der Waals surface area (Å²) >= 11 is 0. The predicted molar refractivity (Wildman–Crippen MR) is 70.9 cm³/mol. The van der Waals surface area contributed by atoms with Crippen LogP contribution in [0.25, 0.3) is 0 Å². The molecule has 2 rings (SSSR count). The summed E-state index contributed by atoms with van der Waals surface area (Å²) in [5.74, 6) is 0. The molecule has 0 fully saturated rings. The summed E-state index contributed by atoms with van der Waals surface area (Å²) in [5, 5.41) is 3.35. The van der Waals surface area contributed by atoms with E-state index in [0.29, 0.717) is 0 Å². The van der Waals surface area contributed by atoms with Gasteiger partial charge in [0.25, 0.3) is 0 Å². The largest absolute Gasteiger partial charge is 0.382 e. The van der Waals surface area contributed by atoms with Gasteiger partial charge in [-0.15, -0.1) is 0 Å². The normalized spacial score (nSPS) is 12.2. The van der Waals surface area contributed by atoms with Gasteiger partial charge < -0.3 is 10.2 Å². The van der Waals surface area contributed by atoms with E-state index in [4.69, 9.17) is 0 Å². The molecule has 1 aromatic carbocycles. The second kappa shape index (κ2) is 8.16. The third-order valence-corrected chi connectivity index (χ3v) is 2.08. The minimum Gasteiger partial charge on any atom is -0.382 e. The highest BCUT2D eigenvalue weighted by Gasteiger charge is 2.10. The van der Waals surface area contributed by atoms with Crippen LogP contribution in [0, 0.1) is 0 Å². The summed E-state index contributed by atoms with van der Waals surface area (Å²) in [4.78, 5) is 2.27. The maximum atomic E-state index is 3.35. The lowest BCUT2D eigenvalue weighted by atomic mass is 10.2. The molecule has 0 amide bonds. The number of para-hydroxylation sites is 2. The van der Waals surface area contributed by atoms with Gasteiger partial charge in [-0.2, -0.15) is 0 Å². The van der Waals surface area contributed by atoms with Crippen LogP contribution >= 0.6 is 0 Å². The summed E-state index contributed by atoms with van der Waals surface area (Å²) in [6.07, 6.45) is 0. The molecule has 86 valence electrons. The zero-order valence-corrected chi connectivity index (χ0v) is 10.7. The van der Waals surface area contributed by atoms with Crippen LogP contribution < -0.4 is 10.2 Å². The molecular weight excluding hydrogens is 184 g/mol. The Kier molecular flexibility index (Phi) is 7.51. The van der Waals surface area contributed by atoms with Gasteiger partial charge in [0.1, 0.15) is 0 Å². The quantitative estimate of drug-likeness (QED) is 0.701. The summed E-state index contributed by atoms with van der Waals surface area (Å²) in [5.41, 5.74) is 2.56. The molecule has 1 heterocycles. The van der Waals surface area contributed by atoms with Gasteiger partial charge >= 0.3 is 0 Å². The predicted octanol–water partition coefficient (Wildman–Crippen LogP) is 3.60. The van der Waals surface area contributed by atoms with E-state index in [2.05, 4.69) is 41.5 Å². The number of hydrogen-bond donors (Lipinski definition) is 1. The molecule has 1 aliphatic rings. The maximum absolute atomic E-state index is 3.35. The first-order chi connectivity index (χ1) is 7.38. The SMILES string of the molecule is CC.CC.CN1CCNc2ccccc21. The van der Waals surface area contributed by atoms with Crippen molar-refractivity contribution >= 4 is 11.4 Å². The molecule has 1 aliphatic heterocycles. The van der Waals surface area contributed by atoms with Crippen molar-refractivity contribution in [2.24, 2.45) is 0 Å². The van der Waals surface area contributed by atoms with Crippen molar-refractivity contribution in [1.82, 2.24) is 0 Å². The van der Waals surface area contributed by atoms with Gasteiger partial charge in [0, 0.05) is 20.1 Å². The number of rotatable bonds is 0. The highest BCUT2D eigenvalue weighted by atomic mass is 15.2. The van der Waals surface area contributed by atoms with E-state index in [1.807, 2.05) is 27.7 Å². The Morgan fingerprint density at radius 3 is 2.27 bits per heavy atom. The number of hydrogen-bond acceptors (Lipinski definition) is 2. The molecule has 2 heteroatoms. The zero-order chi connectivity index (χ0) is 11.7. The van der Waals surface area contributed by atoms with Crippen LogP contribution in [0.15, 0.2) is 24.3 Å². The highest BCUT2D eigenvalue weighted by Crippen LogP contribution is 2.26. The molecule has 1 aromatic rings. The zero-order valence-electron chi connectivity index (χ0n) is 10.7. The maximum Gasteiger partial charge on any atom is 0.0600 e. The monoisotopic (exact) mass is 208 g/mol. The van der Waals surface area contributed by atoms with Crippen molar-refractivity contribution in [3.63, 3.8) is 0 Å². The Morgan fingerprint density at radius 1 is 1.07 bits per heavy atom. The van der Waals surface area contributed by atoms with Gasteiger partial charge in [-0.1, -0.05) is 39.8 Å². The fraction of sp³-hybridized carbons (Fsp3) is 0.538. The van der Waals surface area contributed by atoms with Crippen LogP contribution in [-0.4, -0.2) is 20.1 Å². The van der Waals surface area contributed by atoms with E-state index in [-0.39, 0.29) is 0 Å². The molecule has 0 saturated carbocycles. The molecule has 0 aromatic heterocycles. The third kappa shape index (κ3) is 3.82. The van der Waals surface area contributed by atoms with E-state index < -0.39 is 0 Å².